The van der Waals surface area contributed by atoms with Gasteiger partial charge in [-0.3, -0.25) is 9.59 Å². The van der Waals surface area contributed by atoms with Gasteiger partial charge in [0.1, 0.15) is 0 Å². The van der Waals surface area contributed by atoms with E-state index in [0.29, 0.717) is 18.9 Å². The molecule has 3 rings (SSSR count). The molecule has 1 saturated carbocycles. The molecular formula is C15H24N2O4S. The minimum Gasteiger partial charge on any atom is -0.339 e. The quantitative estimate of drug-likeness (QED) is 0.757. The number of sulfonamides is 1. The fraction of sp³-hybridized carbons (Fsp3) is 0.867. The van der Waals surface area contributed by atoms with E-state index in [1.807, 2.05) is 4.90 Å². The van der Waals surface area contributed by atoms with Crippen LogP contribution in [0.3, 0.4) is 0 Å². The second-order valence-corrected chi connectivity index (χ2v) is 8.95. The molecule has 2 saturated heterocycles. The zero-order valence-corrected chi connectivity index (χ0v) is 13.8. The van der Waals surface area contributed by atoms with Crippen LogP contribution in [0.4, 0.5) is 0 Å². The lowest BCUT2D eigenvalue weighted by Gasteiger charge is -2.33. The van der Waals surface area contributed by atoms with E-state index in [2.05, 4.69) is 6.92 Å². The molecule has 1 atom stereocenters. The van der Waals surface area contributed by atoms with Gasteiger partial charge in [0.2, 0.25) is 21.8 Å². The summed E-state index contributed by atoms with van der Waals surface area (Å²) < 4.78 is 24.7. The largest absolute Gasteiger partial charge is 0.339 e. The van der Waals surface area contributed by atoms with Gasteiger partial charge in [0.05, 0.1) is 11.7 Å². The topological polar surface area (TPSA) is 74.8 Å². The van der Waals surface area contributed by atoms with Crippen molar-refractivity contribution in [2.24, 2.45) is 11.8 Å². The molecule has 0 aromatic rings. The number of carbonyl (C=O) groups is 2. The van der Waals surface area contributed by atoms with Crippen LogP contribution >= 0.6 is 0 Å². The van der Waals surface area contributed by atoms with Gasteiger partial charge < -0.3 is 4.90 Å². The molecule has 3 aliphatic rings. The highest BCUT2D eigenvalue weighted by atomic mass is 32.2. The van der Waals surface area contributed by atoms with Crippen molar-refractivity contribution in [3.05, 3.63) is 0 Å². The molecule has 0 aromatic carbocycles. The van der Waals surface area contributed by atoms with Gasteiger partial charge in [-0.25, -0.2) is 12.7 Å². The van der Waals surface area contributed by atoms with Gasteiger partial charge in [-0.05, 0) is 38.0 Å². The van der Waals surface area contributed by atoms with Crippen LogP contribution in [0, 0.1) is 11.8 Å². The Labute approximate surface area is 131 Å². The first-order valence-corrected chi connectivity index (χ1v) is 9.83. The second kappa shape index (κ2) is 5.83. The van der Waals surface area contributed by atoms with Crippen molar-refractivity contribution < 1.29 is 18.0 Å². The zero-order chi connectivity index (χ0) is 15.9. The molecule has 0 radical (unpaired) electrons. The van der Waals surface area contributed by atoms with Crippen molar-refractivity contribution >= 4 is 21.8 Å². The molecule has 0 spiro atoms. The summed E-state index contributed by atoms with van der Waals surface area (Å²) in [6.45, 7) is 2.89. The van der Waals surface area contributed by atoms with E-state index in [1.165, 1.54) is 0 Å². The third kappa shape index (κ3) is 2.87. The first-order valence-electron chi connectivity index (χ1n) is 8.22. The zero-order valence-electron chi connectivity index (χ0n) is 13.0. The summed E-state index contributed by atoms with van der Waals surface area (Å²) in [5, 5.41) is 0. The van der Waals surface area contributed by atoms with E-state index < -0.39 is 15.9 Å². The molecule has 6 nitrogen and oxygen atoms in total. The van der Waals surface area contributed by atoms with E-state index >= 15 is 0 Å². The van der Waals surface area contributed by atoms with Crippen molar-refractivity contribution in [2.75, 3.05) is 18.8 Å². The van der Waals surface area contributed by atoms with Crippen molar-refractivity contribution in [1.82, 2.24) is 9.21 Å². The highest BCUT2D eigenvalue weighted by Gasteiger charge is 2.43. The Morgan fingerprint density at radius 2 is 1.86 bits per heavy atom. The molecule has 7 heteroatoms. The number of hydrogen-bond acceptors (Lipinski definition) is 4. The van der Waals surface area contributed by atoms with Crippen molar-refractivity contribution in [2.45, 2.75) is 51.5 Å². The predicted octanol–water partition coefficient (Wildman–Crippen LogP) is 0.976. The third-order valence-corrected chi connectivity index (χ3v) is 7.12. The van der Waals surface area contributed by atoms with Gasteiger partial charge >= 0.3 is 0 Å². The highest BCUT2D eigenvalue weighted by Crippen LogP contribution is 2.32. The highest BCUT2D eigenvalue weighted by molar-refractivity contribution is 7.89. The second-order valence-electron chi connectivity index (χ2n) is 6.94. The first-order chi connectivity index (χ1) is 10.4. The molecule has 0 unspecified atom stereocenters. The molecule has 3 fully saturated rings. The van der Waals surface area contributed by atoms with Gasteiger partial charge in [-0.2, -0.15) is 0 Å². The lowest BCUT2D eigenvalue weighted by molar-refractivity contribution is -0.132. The smallest absolute Gasteiger partial charge is 0.241 e. The fourth-order valence-corrected chi connectivity index (χ4v) is 5.44. The summed E-state index contributed by atoms with van der Waals surface area (Å²) in [5.41, 5.74) is 0. The Balaban J connectivity index is 1.65. The van der Waals surface area contributed by atoms with Gasteiger partial charge in [-0.15, -0.1) is 0 Å². The van der Waals surface area contributed by atoms with Gasteiger partial charge in [0.15, 0.2) is 0 Å². The number of carbonyl (C=O) groups excluding carboxylic acids is 2. The molecule has 2 amide bonds. The molecular weight excluding hydrogens is 304 g/mol. The van der Waals surface area contributed by atoms with E-state index in [1.54, 1.807) is 0 Å². The summed E-state index contributed by atoms with van der Waals surface area (Å²) in [5.74, 6) is -0.100. The summed E-state index contributed by atoms with van der Waals surface area (Å²) in [7, 11) is -3.44. The van der Waals surface area contributed by atoms with Crippen molar-refractivity contribution in [3.8, 4) is 0 Å². The SMILES string of the molecule is CC1CCC(N2C[C@@H](C(=O)N3CCCS3(=O)=O)CC2=O)CC1. The van der Waals surface area contributed by atoms with E-state index in [0.717, 1.165) is 30.0 Å². The van der Waals surface area contributed by atoms with Gasteiger partial charge in [0, 0.05) is 25.6 Å². The Hall–Kier alpha value is -1.11. The predicted molar refractivity (Wildman–Crippen MR) is 81.4 cm³/mol. The van der Waals surface area contributed by atoms with Gasteiger partial charge in [0.25, 0.3) is 0 Å². The van der Waals surface area contributed by atoms with Crippen LogP contribution in [-0.2, 0) is 19.6 Å². The lowest BCUT2D eigenvalue weighted by Crippen LogP contribution is -2.41. The lowest BCUT2D eigenvalue weighted by atomic mass is 9.87. The maximum absolute atomic E-state index is 12.5. The Kier molecular flexibility index (Phi) is 4.18. The molecule has 0 bridgehead atoms. The van der Waals surface area contributed by atoms with Crippen LogP contribution in [0.1, 0.15) is 45.4 Å². The van der Waals surface area contributed by atoms with Crippen LogP contribution in [-0.4, -0.2) is 54.3 Å². The normalized spacial score (nSPS) is 35.1. The maximum Gasteiger partial charge on any atom is 0.241 e. The molecule has 0 aromatic heterocycles. The molecule has 1 aliphatic carbocycles. The third-order valence-electron chi connectivity index (χ3n) is 5.28. The summed E-state index contributed by atoms with van der Waals surface area (Å²) >= 11 is 0. The number of hydrogen-bond donors (Lipinski definition) is 0. The Morgan fingerprint density at radius 1 is 1.18 bits per heavy atom. The van der Waals surface area contributed by atoms with Gasteiger partial charge in [-0.1, -0.05) is 6.92 Å². The molecule has 124 valence electrons. The monoisotopic (exact) mass is 328 g/mol. The van der Waals surface area contributed by atoms with Crippen LogP contribution < -0.4 is 0 Å². The number of likely N-dealkylation sites (tertiary alicyclic amines) is 1. The van der Waals surface area contributed by atoms with E-state index in [4.69, 9.17) is 0 Å². The average Bonchev–Trinajstić information content (AvgIpc) is 3.02. The number of rotatable bonds is 2. The van der Waals surface area contributed by atoms with Crippen LogP contribution in [0.25, 0.3) is 0 Å². The van der Waals surface area contributed by atoms with E-state index in [-0.39, 0.29) is 36.6 Å². The van der Waals surface area contributed by atoms with E-state index in [9.17, 15) is 18.0 Å². The molecule has 0 N–H and O–H groups in total. The minimum absolute atomic E-state index is 0.00879. The number of nitrogens with zero attached hydrogens (tertiary/aromatic N) is 2. The fourth-order valence-electron chi connectivity index (χ4n) is 3.89. The van der Waals surface area contributed by atoms with Crippen molar-refractivity contribution in [3.63, 3.8) is 0 Å². The molecule has 2 heterocycles. The van der Waals surface area contributed by atoms with Crippen LogP contribution in [0.5, 0.6) is 0 Å². The molecule has 22 heavy (non-hydrogen) atoms. The maximum atomic E-state index is 12.5. The number of amides is 2. The summed E-state index contributed by atoms with van der Waals surface area (Å²) in [6, 6.07) is 0.233. The summed E-state index contributed by atoms with van der Waals surface area (Å²) in [6.07, 6.45) is 4.89. The van der Waals surface area contributed by atoms with Crippen molar-refractivity contribution in [1.29, 1.82) is 0 Å². The molecule has 2 aliphatic heterocycles. The minimum atomic E-state index is -3.44. The standard InChI is InChI=1S/C15H24N2O4S/c1-11-3-5-13(6-4-11)16-10-12(9-14(16)18)15(19)17-7-2-8-22(17,20)21/h11-13H,2-10H2,1H3/t11?,12-,13?/m0/s1. The first kappa shape index (κ1) is 15.8. The van der Waals surface area contributed by atoms with Crippen LogP contribution in [0.15, 0.2) is 0 Å². The summed E-state index contributed by atoms with van der Waals surface area (Å²) in [4.78, 5) is 26.5. The van der Waals surface area contributed by atoms with Crippen LogP contribution in [0.2, 0.25) is 0 Å². The average molecular weight is 328 g/mol. The Morgan fingerprint density at radius 3 is 2.45 bits per heavy atom. The Bertz CT molecular complexity index is 566.